The summed E-state index contributed by atoms with van der Waals surface area (Å²) in [5.41, 5.74) is 0. The molecule has 1 fully saturated rings. The number of phosphoric ester groups is 6. The Morgan fingerprint density at radius 3 is 0.771 bits per heavy atom. The third-order valence-electron chi connectivity index (χ3n) is 7.99. The third-order valence-corrected chi connectivity index (χ3v) is 11.0. The van der Waals surface area contributed by atoms with Crippen LogP contribution in [0.15, 0.2) is 30.6 Å². The summed E-state index contributed by atoms with van der Waals surface area (Å²) in [5.74, 6) is 0. The van der Waals surface area contributed by atoms with Gasteiger partial charge in [0.1, 0.15) is 43.2 Å². The molecule has 0 atom stereocenters. The predicted octanol–water partition coefficient (Wildman–Crippen LogP) is -11.4. The Morgan fingerprint density at radius 1 is 0.429 bits per heavy atom. The summed E-state index contributed by atoms with van der Waals surface area (Å²) >= 11 is 0. The van der Waals surface area contributed by atoms with Gasteiger partial charge in [-0.05, 0) is 6.42 Å². The van der Waals surface area contributed by atoms with Crippen LogP contribution in [0.1, 0.15) is 96.8 Å². The third kappa shape index (κ3) is 53.5. The smallest absolute Gasteiger partial charge is 1.00 e. The second-order valence-electron chi connectivity index (χ2n) is 13.1. The average molecular weight is 1450 g/mol. The Bertz CT molecular complexity index is 1520. The number of rotatable bonds is 27. The van der Waals surface area contributed by atoms with Gasteiger partial charge in [0.05, 0.1) is 46.9 Å². The van der Waals surface area contributed by atoms with Crippen LogP contribution in [0.4, 0.5) is 4.79 Å². The summed E-state index contributed by atoms with van der Waals surface area (Å²) in [6.45, 7) is 3.47. The van der Waals surface area contributed by atoms with E-state index in [1.807, 2.05) is 0 Å². The summed E-state index contributed by atoms with van der Waals surface area (Å²) in [6.07, 6.45) is 0.860. The normalized spacial score (nSPS) is 18.9. The number of aryl methyl sites for hydroxylation is 1. The second kappa shape index (κ2) is 46.3. The van der Waals surface area contributed by atoms with E-state index in [0.29, 0.717) is 0 Å². The Labute approximate surface area is 496 Å². The Hall–Kier alpha value is 3.49. The molecular weight excluding hydrogens is 1410 g/mol. The minimum absolute atomic E-state index is 0. The number of phosphoric acid groups is 6. The molecule has 1 aliphatic rings. The van der Waals surface area contributed by atoms with Crippen LogP contribution in [0.3, 0.4) is 0 Å². The van der Waals surface area contributed by atoms with E-state index in [-0.39, 0.29) is 144 Å². The maximum Gasteiger partial charge on any atom is 2.00 e. The van der Waals surface area contributed by atoms with Gasteiger partial charge in [0.2, 0.25) is 6.16 Å². The van der Waals surface area contributed by atoms with Crippen molar-refractivity contribution in [3.05, 3.63) is 30.6 Å². The number of carboxylic acid groups (broad SMARTS) is 2. The zero-order valence-electron chi connectivity index (χ0n) is 35.8. The van der Waals surface area contributed by atoms with Gasteiger partial charge >= 0.3 is 132 Å². The van der Waals surface area contributed by atoms with Crippen LogP contribution in [-0.4, -0.2) is 47.9 Å². The van der Waals surface area contributed by atoms with Crippen LogP contribution in [0.25, 0.3) is 0 Å². The molecule has 0 aromatic carbocycles. The standard InChI is InChI=1S/C21H38N.C6H18O24P6.CH2O3.ClH.6Cu.Na/c1-2-3-4-5-6-7-8-9-10-11-12-13-14-16-19-22-20-17-15-18-21-22;7-31(8,9)25-1-2(26-32(10,11)12)4(28-34(16,17)18)6(30-36(22,23)24)5(29-35(19,20)21)3(1)27-33(13,14)15;2-1(3)4;;;;;;;;/h15,17-18,20-21H,2-14,16,19H2,1H3;1-6H,(H2,7,8,9)(H2,10,11,12)(H2,13,14,15)(H2,16,17,18)(H2,19,20,21)(H2,22,23,24);(H2,2,3,4);1H;;;;;;;/q+1;;;;6*+2;+1/p-14. The Morgan fingerprint density at radius 2 is 0.600 bits per heavy atom. The molecule has 1 aromatic heterocycles. The first-order valence-corrected chi connectivity index (χ1v) is 27.1. The molecule has 0 bridgehead atoms. The number of carbonyl (C=O) groups is 1. The average Bonchev–Trinajstić information content (AvgIpc) is 3.07. The summed E-state index contributed by atoms with van der Waals surface area (Å²) in [4.78, 5) is 142. The monoisotopic (exact) mass is 1450 g/mol. The van der Waals surface area contributed by atoms with Crippen LogP contribution in [0, 0.1) is 0 Å². The molecule has 1 aromatic rings. The Balaban J connectivity index is -0.000000136. The SMILES string of the molecule is CCCCCCCCCCCCCCCC[n+]1ccccc1.O=C([O-])O.O=P([O-])([O-])OC1C(OP(=O)([O-])[O-])C(OP(=O)([O-])[O-])C(OP(=O)([O-])[O-])C(OP(=O)([O-])[O-])C1OP(=O)([O-])[O-].[Cl-].[Cu+2].[Cu+2].[Cu+2].[Cu+2].[Cu+2].[Cu+2].[Na+]. The van der Waals surface area contributed by atoms with Gasteiger partial charge in [-0.1, -0.05) is 90.0 Å². The van der Waals surface area contributed by atoms with Gasteiger partial charge in [0.15, 0.2) is 12.4 Å². The molecule has 70 heavy (non-hydrogen) atoms. The van der Waals surface area contributed by atoms with Crippen molar-refractivity contribution in [1.82, 2.24) is 0 Å². The molecule has 0 spiro atoms. The summed E-state index contributed by atoms with van der Waals surface area (Å²) in [5, 5.41) is 15.3. The first kappa shape index (κ1) is 92.9. The summed E-state index contributed by atoms with van der Waals surface area (Å²) in [7, 11) is -40.1. The molecule has 1 saturated carbocycles. The molecule has 1 heterocycles. The topological polar surface area (TPSA) is 499 Å². The zero-order chi connectivity index (χ0) is 48.0. The molecule has 1 aliphatic carbocycles. The van der Waals surface area contributed by atoms with E-state index in [2.05, 4.69) is 69.2 Å². The minimum Gasteiger partial charge on any atom is -1.00 e. The number of unbranched alkanes of at least 4 members (excludes halogenated alkanes) is 13. The van der Waals surface area contributed by atoms with Crippen LogP contribution in [-0.2, 0) is 163 Å². The van der Waals surface area contributed by atoms with Crippen molar-refractivity contribution in [3.8, 4) is 0 Å². The minimum atomic E-state index is -6.68. The number of hydrogen-bond acceptors (Lipinski definition) is 26. The van der Waals surface area contributed by atoms with Crippen molar-refractivity contribution < 1.29 is 277 Å². The van der Waals surface area contributed by atoms with Gasteiger partial charge in [-0.15, -0.1) is 0 Å². The van der Waals surface area contributed by atoms with E-state index in [9.17, 15) is 86.1 Å². The van der Waals surface area contributed by atoms with Gasteiger partial charge in [-0.3, -0.25) is 0 Å². The molecule has 42 heteroatoms. The van der Waals surface area contributed by atoms with Gasteiger partial charge < -0.3 is 141 Å². The molecule has 0 unspecified atom stereocenters. The van der Waals surface area contributed by atoms with Crippen molar-refractivity contribution in [2.75, 3.05) is 0 Å². The summed E-state index contributed by atoms with van der Waals surface area (Å²) in [6, 6.07) is 6.31. The van der Waals surface area contributed by atoms with Gasteiger partial charge in [-0.2, -0.15) is 0 Å². The number of aromatic nitrogens is 1. The number of hydrogen-bond donors (Lipinski definition) is 1. The fourth-order valence-corrected chi connectivity index (χ4v) is 9.04. The van der Waals surface area contributed by atoms with E-state index < -0.39 is 89.7 Å². The Kier molecular flexibility index (Phi) is 61.4. The number of halogens is 1. The van der Waals surface area contributed by atoms with Crippen LogP contribution in [0.2, 0.25) is 0 Å². The van der Waals surface area contributed by atoms with Crippen LogP contribution < -0.4 is 110 Å². The van der Waals surface area contributed by atoms with Crippen LogP contribution in [0.5, 0.6) is 0 Å². The van der Waals surface area contributed by atoms with E-state index in [1.165, 1.54) is 96.4 Å². The predicted molar refractivity (Wildman–Crippen MR) is 180 cm³/mol. The van der Waals surface area contributed by atoms with Crippen LogP contribution >= 0.6 is 46.9 Å². The first-order chi connectivity index (χ1) is 28.2. The maximum atomic E-state index is 11.1. The second-order valence-corrected chi connectivity index (χ2v) is 19.7. The van der Waals surface area contributed by atoms with Crippen molar-refractivity contribution in [3.63, 3.8) is 0 Å². The molecule has 28 nitrogen and oxygen atoms in total. The van der Waals surface area contributed by atoms with E-state index in [4.69, 9.17) is 15.0 Å². The van der Waals surface area contributed by atoms with Crippen molar-refractivity contribution in [1.29, 1.82) is 0 Å². The largest absolute Gasteiger partial charge is 2.00 e. The number of nitrogens with zero attached hydrogens (tertiary/aromatic N) is 1. The molecule has 6 radical (unpaired) electrons. The molecule has 428 valence electrons. The zero-order valence-corrected chi connectivity index (χ0v) is 49.6. The molecule has 0 saturated heterocycles. The number of pyridine rings is 1. The van der Waals surface area contributed by atoms with Crippen molar-refractivity contribution in [2.24, 2.45) is 0 Å². The molecule has 1 N–H and O–H groups in total. The van der Waals surface area contributed by atoms with E-state index in [1.54, 1.807) is 0 Å². The summed E-state index contributed by atoms with van der Waals surface area (Å²) < 4.78 is 90.6. The quantitative estimate of drug-likeness (QED) is 0.0370. The maximum absolute atomic E-state index is 11.1. The molecular formula is C28H45ClCu6NNaO27P6. The van der Waals surface area contributed by atoms with E-state index in [0.717, 1.165) is 0 Å². The van der Waals surface area contributed by atoms with Gasteiger partial charge in [0.25, 0.3) is 0 Å². The van der Waals surface area contributed by atoms with Crippen molar-refractivity contribution >= 4 is 53.1 Å². The molecule has 2 rings (SSSR count). The molecule has 0 amide bonds. The fourth-order valence-electron chi connectivity index (χ4n) is 5.81. The molecule has 0 aliphatic heterocycles. The fraction of sp³-hybridized carbons (Fsp3) is 0.786. The van der Waals surface area contributed by atoms with Gasteiger partial charge in [-0.25, -0.2) is 4.57 Å². The van der Waals surface area contributed by atoms with Gasteiger partial charge in [0, 0.05) is 18.6 Å². The first-order valence-electron chi connectivity index (χ1n) is 18.3. The van der Waals surface area contributed by atoms with E-state index >= 15 is 0 Å². The van der Waals surface area contributed by atoms with Crippen molar-refractivity contribution in [2.45, 2.75) is 140 Å².